The highest BCUT2D eigenvalue weighted by Gasteiger charge is 2.20. The lowest BCUT2D eigenvalue weighted by molar-refractivity contribution is 0.805. The SMILES string of the molecule is Cc1nc(CCc2nc3c4c(ccn3c2C)N(C)CC=C4)nc(C)c1N1CCCC1. The molecule has 156 valence electrons. The highest BCUT2D eigenvalue weighted by atomic mass is 15.2. The smallest absolute Gasteiger partial charge is 0.146 e. The Hall–Kier alpha value is -2.89. The summed E-state index contributed by atoms with van der Waals surface area (Å²) in [6, 6.07) is 2.19. The van der Waals surface area contributed by atoms with Crippen molar-refractivity contribution in [2.45, 2.75) is 46.5 Å². The van der Waals surface area contributed by atoms with Crippen LogP contribution in [-0.2, 0) is 12.8 Å². The molecule has 0 bridgehead atoms. The largest absolute Gasteiger partial charge is 0.370 e. The zero-order chi connectivity index (χ0) is 20.8. The molecule has 1 saturated heterocycles. The molecule has 0 unspecified atom stereocenters. The van der Waals surface area contributed by atoms with E-state index in [2.05, 4.69) is 66.4 Å². The summed E-state index contributed by atoms with van der Waals surface area (Å²) in [5.74, 6) is 0.922. The van der Waals surface area contributed by atoms with Crippen LogP contribution in [0.25, 0.3) is 11.7 Å². The predicted octanol–water partition coefficient (Wildman–Crippen LogP) is 3.90. The van der Waals surface area contributed by atoms with Gasteiger partial charge in [0.05, 0.1) is 22.8 Å². The zero-order valence-corrected chi connectivity index (χ0v) is 18.4. The molecule has 0 radical (unpaired) electrons. The number of hydrogen-bond donors (Lipinski definition) is 0. The lowest BCUT2D eigenvalue weighted by atomic mass is 10.1. The van der Waals surface area contributed by atoms with Crippen molar-refractivity contribution in [3.05, 3.63) is 52.5 Å². The molecule has 30 heavy (non-hydrogen) atoms. The number of pyridine rings is 1. The first-order valence-electron chi connectivity index (χ1n) is 11.0. The minimum absolute atomic E-state index is 0.810. The molecule has 5 rings (SSSR count). The summed E-state index contributed by atoms with van der Waals surface area (Å²) in [4.78, 5) is 19.4. The molecule has 3 aromatic heterocycles. The number of fused-ring (bicyclic) bond motifs is 3. The fourth-order valence-electron chi connectivity index (χ4n) is 4.96. The average Bonchev–Trinajstić information content (AvgIpc) is 3.35. The fourth-order valence-corrected chi connectivity index (χ4v) is 4.96. The molecule has 0 N–H and O–H groups in total. The van der Waals surface area contributed by atoms with E-state index >= 15 is 0 Å². The number of hydrogen-bond acceptors (Lipinski definition) is 5. The number of aryl methyl sites for hydroxylation is 5. The van der Waals surface area contributed by atoms with E-state index < -0.39 is 0 Å². The molecule has 6 nitrogen and oxygen atoms in total. The standard InChI is InChI=1S/C24H30N6/c1-16-23(29-13-5-6-14-29)17(2)26-22(25-16)10-9-20-18(3)30-15-11-21-19(24(30)27-20)8-7-12-28(21)4/h7-8,11,15H,5-6,9-10,12-14H2,1-4H3. The van der Waals surface area contributed by atoms with Crippen molar-refractivity contribution in [2.75, 3.05) is 36.5 Å². The lowest BCUT2D eigenvalue weighted by Gasteiger charge is -2.23. The van der Waals surface area contributed by atoms with Gasteiger partial charge in [-0.1, -0.05) is 12.2 Å². The molecule has 0 atom stereocenters. The van der Waals surface area contributed by atoms with Crippen LogP contribution in [0.15, 0.2) is 18.3 Å². The summed E-state index contributed by atoms with van der Waals surface area (Å²) in [5, 5.41) is 0. The molecule has 5 heterocycles. The van der Waals surface area contributed by atoms with Crippen molar-refractivity contribution in [3.8, 4) is 0 Å². The molecule has 0 aliphatic carbocycles. The third kappa shape index (κ3) is 3.15. The van der Waals surface area contributed by atoms with E-state index in [-0.39, 0.29) is 0 Å². The summed E-state index contributed by atoms with van der Waals surface area (Å²) in [7, 11) is 2.13. The van der Waals surface area contributed by atoms with E-state index in [1.807, 2.05) is 0 Å². The molecule has 0 amide bonds. The zero-order valence-electron chi connectivity index (χ0n) is 18.4. The Kier molecular flexibility index (Phi) is 4.72. The molecule has 1 fully saturated rings. The quantitative estimate of drug-likeness (QED) is 0.662. The van der Waals surface area contributed by atoms with Gasteiger partial charge in [0.25, 0.3) is 0 Å². The van der Waals surface area contributed by atoms with E-state index in [1.54, 1.807) is 0 Å². The topological polar surface area (TPSA) is 49.6 Å². The normalized spacial score (nSPS) is 16.0. The van der Waals surface area contributed by atoms with Crippen LogP contribution in [0.4, 0.5) is 11.4 Å². The Morgan fingerprint density at radius 3 is 2.43 bits per heavy atom. The van der Waals surface area contributed by atoms with Gasteiger partial charge < -0.3 is 14.2 Å². The first-order valence-corrected chi connectivity index (χ1v) is 11.0. The first-order chi connectivity index (χ1) is 14.5. The van der Waals surface area contributed by atoms with Gasteiger partial charge >= 0.3 is 0 Å². The van der Waals surface area contributed by atoms with Gasteiger partial charge in [0, 0.05) is 56.2 Å². The van der Waals surface area contributed by atoms with Crippen molar-refractivity contribution in [1.82, 2.24) is 19.4 Å². The van der Waals surface area contributed by atoms with Crippen LogP contribution in [0.3, 0.4) is 0 Å². The minimum atomic E-state index is 0.810. The van der Waals surface area contributed by atoms with Gasteiger partial charge in [0.2, 0.25) is 0 Å². The predicted molar refractivity (Wildman–Crippen MR) is 123 cm³/mol. The second kappa shape index (κ2) is 7.42. The van der Waals surface area contributed by atoms with Gasteiger partial charge in [-0.2, -0.15) is 0 Å². The minimum Gasteiger partial charge on any atom is -0.370 e. The number of likely N-dealkylation sites (N-methyl/N-ethyl adjacent to an activating group) is 1. The molecule has 2 aliphatic heterocycles. The van der Waals surface area contributed by atoms with Crippen LogP contribution in [0.1, 0.15) is 47.0 Å². The number of nitrogens with zero attached hydrogens (tertiary/aromatic N) is 6. The third-order valence-corrected chi connectivity index (χ3v) is 6.51. The van der Waals surface area contributed by atoms with Crippen LogP contribution < -0.4 is 9.80 Å². The van der Waals surface area contributed by atoms with E-state index in [0.29, 0.717) is 0 Å². The number of rotatable bonds is 4. The molecule has 6 heteroatoms. The maximum absolute atomic E-state index is 5.02. The lowest BCUT2D eigenvalue weighted by Crippen LogP contribution is -2.21. The van der Waals surface area contributed by atoms with Gasteiger partial charge in [0.15, 0.2) is 0 Å². The maximum atomic E-state index is 5.02. The average molecular weight is 403 g/mol. The molecule has 0 aromatic carbocycles. The van der Waals surface area contributed by atoms with Crippen molar-refractivity contribution in [2.24, 2.45) is 0 Å². The second-order valence-electron chi connectivity index (χ2n) is 8.59. The number of imidazole rings is 1. The van der Waals surface area contributed by atoms with Crippen LogP contribution in [-0.4, -0.2) is 46.0 Å². The monoisotopic (exact) mass is 402 g/mol. The maximum Gasteiger partial charge on any atom is 0.146 e. The number of aromatic nitrogens is 4. The molecule has 2 aliphatic rings. The van der Waals surface area contributed by atoms with Gasteiger partial charge in [-0.3, -0.25) is 0 Å². The molecular weight excluding hydrogens is 372 g/mol. The summed E-state index contributed by atoms with van der Waals surface area (Å²) in [6.07, 6.45) is 10.7. The van der Waals surface area contributed by atoms with E-state index in [4.69, 9.17) is 15.0 Å². The van der Waals surface area contributed by atoms with Gasteiger partial charge in [0.1, 0.15) is 11.5 Å². The van der Waals surface area contributed by atoms with Crippen LogP contribution >= 0.6 is 0 Å². The summed E-state index contributed by atoms with van der Waals surface area (Å²) in [5.41, 5.74) is 9.28. The van der Waals surface area contributed by atoms with Crippen molar-refractivity contribution in [1.29, 1.82) is 0 Å². The van der Waals surface area contributed by atoms with Crippen molar-refractivity contribution < 1.29 is 0 Å². The summed E-state index contributed by atoms with van der Waals surface area (Å²) >= 11 is 0. The van der Waals surface area contributed by atoms with Crippen molar-refractivity contribution >= 4 is 23.1 Å². The van der Waals surface area contributed by atoms with Gasteiger partial charge in [-0.25, -0.2) is 15.0 Å². The molecule has 3 aromatic rings. The Labute approximate surface area is 178 Å². The van der Waals surface area contributed by atoms with E-state index in [1.165, 1.54) is 35.5 Å². The molecular formula is C24H30N6. The first kappa shape index (κ1) is 19.1. The highest BCUT2D eigenvalue weighted by Crippen LogP contribution is 2.30. The summed E-state index contributed by atoms with van der Waals surface area (Å²) in [6.45, 7) is 9.59. The Morgan fingerprint density at radius 1 is 0.967 bits per heavy atom. The van der Waals surface area contributed by atoms with Gasteiger partial charge in [-0.15, -0.1) is 0 Å². The molecule has 0 spiro atoms. The Morgan fingerprint density at radius 2 is 1.70 bits per heavy atom. The number of anilines is 2. The second-order valence-corrected chi connectivity index (χ2v) is 8.59. The third-order valence-electron chi connectivity index (χ3n) is 6.51. The fraction of sp³-hybridized carbons (Fsp3) is 0.458. The van der Waals surface area contributed by atoms with Crippen LogP contribution in [0, 0.1) is 20.8 Å². The highest BCUT2D eigenvalue weighted by molar-refractivity contribution is 5.81. The summed E-state index contributed by atoms with van der Waals surface area (Å²) < 4.78 is 2.21. The Bertz CT molecular complexity index is 1110. The van der Waals surface area contributed by atoms with Crippen molar-refractivity contribution in [3.63, 3.8) is 0 Å². The van der Waals surface area contributed by atoms with Crippen LogP contribution in [0.2, 0.25) is 0 Å². The molecule has 0 saturated carbocycles. The van der Waals surface area contributed by atoms with E-state index in [0.717, 1.165) is 61.0 Å². The van der Waals surface area contributed by atoms with E-state index in [9.17, 15) is 0 Å². The van der Waals surface area contributed by atoms with Gasteiger partial charge in [-0.05, 0) is 46.1 Å². The Balaban J connectivity index is 1.42. The van der Waals surface area contributed by atoms with Crippen LogP contribution in [0.5, 0.6) is 0 Å².